The number of amides is 2. The van der Waals surface area contributed by atoms with Gasteiger partial charge in [0.25, 0.3) is 0 Å². The highest BCUT2D eigenvalue weighted by Crippen LogP contribution is 2.22. The molecule has 0 radical (unpaired) electrons. The Balaban J connectivity index is 1.89. The summed E-state index contributed by atoms with van der Waals surface area (Å²) in [6, 6.07) is 9.23. The molecule has 1 aliphatic rings. The van der Waals surface area contributed by atoms with Gasteiger partial charge in [0.05, 0.1) is 6.54 Å². The van der Waals surface area contributed by atoms with Gasteiger partial charge in [0.1, 0.15) is 24.0 Å². The van der Waals surface area contributed by atoms with E-state index in [1.54, 1.807) is 20.8 Å². The van der Waals surface area contributed by atoms with Crippen molar-refractivity contribution >= 4 is 18.5 Å². The molecule has 0 aliphatic carbocycles. The Labute approximate surface area is 147 Å². The van der Waals surface area contributed by atoms with E-state index in [0.29, 0.717) is 19.3 Å². The molecule has 2 amide bonds. The second-order valence-electron chi connectivity index (χ2n) is 7.11. The first-order valence-corrected chi connectivity index (χ1v) is 8.16. The molecule has 1 aromatic carbocycles. The first-order chi connectivity index (χ1) is 11.7. The average molecular weight is 348 g/mol. The molecule has 1 saturated heterocycles. The minimum absolute atomic E-state index is 0.0614. The van der Waals surface area contributed by atoms with Crippen LogP contribution in [0.2, 0.25) is 0 Å². The lowest BCUT2D eigenvalue weighted by molar-refractivity contribution is -0.112. The first-order valence-electron chi connectivity index (χ1n) is 8.16. The maximum absolute atomic E-state index is 12.1. The second kappa shape index (κ2) is 7.55. The molecule has 0 spiro atoms. The lowest BCUT2D eigenvalue weighted by Crippen LogP contribution is -2.52. The molecule has 0 unspecified atom stereocenters. The summed E-state index contributed by atoms with van der Waals surface area (Å²) in [5.74, 6) is 0. The van der Waals surface area contributed by atoms with E-state index in [4.69, 9.17) is 9.47 Å². The van der Waals surface area contributed by atoms with Gasteiger partial charge in [0.2, 0.25) is 0 Å². The molecule has 0 aromatic heterocycles. The largest absolute Gasteiger partial charge is 0.445 e. The van der Waals surface area contributed by atoms with Crippen LogP contribution in [0.3, 0.4) is 0 Å². The van der Waals surface area contributed by atoms with Crippen molar-refractivity contribution in [3.8, 4) is 0 Å². The standard InChI is InChI=1S/C18H24N2O5/c1-17(2,3)25-16(23)20-10-9-18(12-20,13-21)19-15(22)24-11-14-7-5-4-6-8-14/h4-8,13H,9-12H2,1-3H3,(H,19,22)/t18-/m0/s1. The highest BCUT2D eigenvalue weighted by Gasteiger charge is 2.42. The molecule has 25 heavy (non-hydrogen) atoms. The molecule has 136 valence electrons. The number of carbonyl (C=O) groups excluding carboxylic acids is 3. The Morgan fingerprint density at radius 2 is 1.96 bits per heavy atom. The number of hydrogen-bond donors (Lipinski definition) is 1. The third kappa shape index (κ3) is 5.48. The Morgan fingerprint density at radius 3 is 2.56 bits per heavy atom. The number of nitrogens with one attached hydrogen (secondary N) is 1. The van der Waals surface area contributed by atoms with Crippen LogP contribution in [0.15, 0.2) is 30.3 Å². The van der Waals surface area contributed by atoms with Gasteiger partial charge in [-0.15, -0.1) is 0 Å². The van der Waals surface area contributed by atoms with Gasteiger partial charge in [-0.2, -0.15) is 0 Å². The van der Waals surface area contributed by atoms with Crippen LogP contribution in [0.1, 0.15) is 32.8 Å². The van der Waals surface area contributed by atoms with Gasteiger partial charge in [-0.05, 0) is 32.8 Å². The summed E-state index contributed by atoms with van der Waals surface area (Å²) in [4.78, 5) is 37.1. The van der Waals surface area contributed by atoms with Crippen LogP contribution < -0.4 is 5.32 Å². The molecule has 0 saturated carbocycles. The Hall–Kier alpha value is -2.57. The molecule has 1 aliphatic heterocycles. The lowest BCUT2D eigenvalue weighted by Gasteiger charge is -2.26. The molecule has 1 atom stereocenters. The molecular formula is C18H24N2O5. The second-order valence-corrected chi connectivity index (χ2v) is 7.11. The number of hydrogen-bond acceptors (Lipinski definition) is 5. The number of alkyl carbamates (subject to hydrolysis) is 1. The number of carbonyl (C=O) groups is 3. The van der Waals surface area contributed by atoms with Crippen molar-refractivity contribution in [2.75, 3.05) is 13.1 Å². The van der Waals surface area contributed by atoms with Gasteiger partial charge in [-0.1, -0.05) is 30.3 Å². The predicted octanol–water partition coefficient (Wildman–Crippen LogP) is 2.49. The zero-order valence-corrected chi connectivity index (χ0v) is 14.8. The Morgan fingerprint density at radius 1 is 1.28 bits per heavy atom. The van der Waals surface area contributed by atoms with Crippen LogP contribution >= 0.6 is 0 Å². The van der Waals surface area contributed by atoms with Crippen LogP contribution in [0.4, 0.5) is 9.59 Å². The summed E-state index contributed by atoms with van der Waals surface area (Å²) in [5, 5.41) is 2.58. The zero-order valence-electron chi connectivity index (χ0n) is 14.8. The number of rotatable bonds is 4. The van der Waals surface area contributed by atoms with Crippen molar-refractivity contribution in [2.24, 2.45) is 0 Å². The fourth-order valence-electron chi connectivity index (χ4n) is 2.51. The van der Waals surface area contributed by atoms with Gasteiger partial charge < -0.3 is 24.5 Å². The molecule has 0 bridgehead atoms. The van der Waals surface area contributed by atoms with Crippen LogP contribution in [0.25, 0.3) is 0 Å². The van der Waals surface area contributed by atoms with Crippen LogP contribution in [-0.4, -0.2) is 47.6 Å². The third-order valence-corrected chi connectivity index (χ3v) is 3.74. The molecule has 1 aromatic rings. The molecule has 7 heteroatoms. The van der Waals surface area contributed by atoms with E-state index in [1.807, 2.05) is 30.3 Å². The van der Waals surface area contributed by atoms with Gasteiger partial charge in [-0.25, -0.2) is 9.59 Å². The van der Waals surface area contributed by atoms with Crippen LogP contribution in [-0.2, 0) is 20.9 Å². The minimum atomic E-state index is -1.15. The van der Waals surface area contributed by atoms with Crippen molar-refractivity contribution in [1.82, 2.24) is 10.2 Å². The van der Waals surface area contributed by atoms with Crippen molar-refractivity contribution in [3.05, 3.63) is 35.9 Å². The fraction of sp³-hybridized carbons (Fsp3) is 0.500. The molecule has 1 N–H and O–H groups in total. The van der Waals surface area contributed by atoms with E-state index < -0.39 is 23.3 Å². The first kappa shape index (κ1) is 18.8. The van der Waals surface area contributed by atoms with Crippen LogP contribution in [0.5, 0.6) is 0 Å². The minimum Gasteiger partial charge on any atom is -0.445 e. The Bertz CT molecular complexity index is 626. The van der Waals surface area contributed by atoms with Gasteiger partial charge in [-0.3, -0.25) is 0 Å². The molecule has 7 nitrogen and oxygen atoms in total. The van der Waals surface area contributed by atoms with E-state index in [9.17, 15) is 14.4 Å². The normalized spacial score (nSPS) is 20.0. The Kier molecular flexibility index (Phi) is 5.66. The maximum atomic E-state index is 12.1. The van der Waals surface area contributed by atoms with Gasteiger partial charge in [0.15, 0.2) is 0 Å². The summed E-state index contributed by atoms with van der Waals surface area (Å²) in [6.45, 7) is 5.81. The summed E-state index contributed by atoms with van der Waals surface area (Å²) >= 11 is 0. The zero-order chi connectivity index (χ0) is 18.5. The van der Waals surface area contributed by atoms with Crippen molar-refractivity contribution in [2.45, 2.75) is 44.9 Å². The predicted molar refractivity (Wildman–Crippen MR) is 91.0 cm³/mol. The molecule has 1 heterocycles. The third-order valence-electron chi connectivity index (χ3n) is 3.74. The highest BCUT2D eigenvalue weighted by atomic mass is 16.6. The van der Waals surface area contributed by atoms with Crippen molar-refractivity contribution in [3.63, 3.8) is 0 Å². The lowest BCUT2D eigenvalue weighted by atomic mass is 10.0. The smallest absolute Gasteiger partial charge is 0.410 e. The monoisotopic (exact) mass is 348 g/mol. The van der Waals surface area contributed by atoms with Crippen LogP contribution in [0, 0.1) is 0 Å². The number of nitrogens with zero attached hydrogens (tertiary/aromatic N) is 1. The van der Waals surface area contributed by atoms with Crippen molar-refractivity contribution < 1.29 is 23.9 Å². The number of aldehydes is 1. The van der Waals surface area contributed by atoms with E-state index in [0.717, 1.165) is 5.56 Å². The topological polar surface area (TPSA) is 84.9 Å². The van der Waals surface area contributed by atoms with E-state index in [1.165, 1.54) is 4.90 Å². The fourth-order valence-corrected chi connectivity index (χ4v) is 2.51. The maximum Gasteiger partial charge on any atom is 0.410 e. The highest BCUT2D eigenvalue weighted by molar-refractivity contribution is 5.79. The number of benzene rings is 1. The van der Waals surface area contributed by atoms with E-state index in [2.05, 4.69) is 5.32 Å². The van der Waals surface area contributed by atoms with E-state index >= 15 is 0 Å². The van der Waals surface area contributed by atoms with E-state index in [-0.39, 0.29) is 13.2 Å². The summed E-state index contributed by atoms with van der Waals surface area (Å²) in [6.07, 6.45) is -0.227. The SMILES string of the molecule is CC(C)(C)OC(=O)N1CC[C@](C=O)(NC(=O)OCc2ccccc2)C1. The van der Waals surface area contributed by atoms with Gasteiger partial charge in [0, 0.05) is 6.54 Å². The molecule has 1 fully saturated rings. The molecular weight excluding hydrogens is 324 g/mol. The van der Waals surface area contributed by atoms with Gasteiger partial charge >= 0.3 is 12.2 Å². The summed E-state index contributed by atoms with van der Waals surface area (Å²) < 4.78 is 10.4. The number of likely N-dealkylation sites (tertiary alicyclic amines) is 1. The van der Waals surface area contributed by atoms with Crippen molar-refractivity contribution in [1.29, 1.82) is 0 Å². The quantitative estimate of drug-likeness (QED) is 0.845. The summed E-state index contributed by atoms with van der Waals surface area (Å²) in [7, 11) is 0. The average Bonchev–Trinajstić information content (AvgIpc) is 2.97. The molecule has 2 rings (SSSR count). The number of ether oxygens (including phenoxy) is 2. The summed E-state index contributed by atoms with van der Waals surface area (Å²) in [5.41, 5.74) is -0.921.